The summed E-state index contributed by atoms with van der Waals surface area (Å²) in [5.41, 5.74) is 5.75. The van der Waals surface area contributed by atoms with E-state index in [0.717, 1.165) is 0 Å². The van der Waals surface area contributed by atoms with Crippen LogP contribution >= 0.6 is 0 Å². The smallest absolute Gasteiger partial charge is 0.343 e. The van der Waals surface area contributed by atoms with Crippen molar-refractivity contribution in [2.24, 2.45) is 7.05 Å². The van der Waals surface area contributed by atoms with Crippen LogP contribution in [0.3, 0.4) is 0 Å². The molecule has 0 aliphatic carbocycles. The third-order valence-electron chi connectivity index (χ3n) is 2.60. The molecule has 16 heavy (non-hydrogen) atoms. The fraction of sp³-hybridized carbons (Fsp3) is 0.556. The molecule has 2 heterocycles. The van der Waals surface area contributed by atoms with E-state index in [9.17, 15) is 4.79 Å². The van der Waals surface area contributed by atoms with Gasteiger partial charge in [-0.3, -0.25) is 4.68 Å². The average Bonchev–Trinajstić information content (AvgIpc) is 2.57. The van der Waals surface area contributed by atoms with Crippen molar-refractivity contribution in [1.82, 2.24) is 9.78 Å². The molecular weight excluding hydrogens is 212 g/mol. The predicted octanol–water partition coefficient (Wildman–Crippen LogP) is -0.463. The molecule has 3 N–H and O–H groups in total. The lowest BCUT2D eigenvalue weighted by atomic mass is 10.2. The molecule has 7 heteroatoms. The number of aromatic carboxylic acids is 1. The van der Waals surface area contributed by atoms with Gasteiger partial charge in [0.25, 0.3) is 0 Å². The zero-order valence-electron chi connectivity index (χ0n) is 9.01. The lowest BCUT2D eigenvalue weighted by molar-refractivity contribution is 0.0697. The van der Waals surface area contributed by atoms with Crippen molar-refractivity contribution in [2.75, 3.05) is 36.9 Å². The van der Waals surface area contributed by atoms with Crippen molar-refractivity contribution in [3.05, 3.63) is 5.56 Å². The van der Waals surface area contributed by atoms with Gasteiger partial charge in [-0.15, -0.1) is 0 Å². The fourth-order valence-corrected chi connectivity index (χ4v) is 1.72. The van der Waals surface area contributed by atoms with Crippen LogP contribution in [0.25, 0.3) is 0 Å². The van der Waals surface area contributed by atoms with Gasteiger partial charge >= 0.3 is 5.97 Å². The van der Waals surface area contributed by atoms with E-state index >= 15 is 0 Å². The number of ether oxygens (including phenoxy) is 1. The number of carboxylic acids is 1. The Morgan fingerprint density at radius 2 is 2.12 bits per heavy atom. The minimum absolute atomic E-state index is 0.0735. The van der Waals surface area contributed by atoms with Crippen molar-refractivity contribution >= 4 is 17.6 Å². The number of aromatic nitrogens is 2. The molecule has 0 atom stereocenters. The Bertz CT molecular complexity index is 409. The first-order valence-corrected chi connectivity index (χ1v) is 4.99. The third kappa shape index (κ3) is 1.69. The number of aryl methyl sites for hydroxylation is 1. The molecule has 2 rings (SSSR count). The van der Waals surface area contributed by atoms with Crippen LogP contribution in [0.15, 0.2) is 0 Å². The highest BCUT2D eigenvalue weighted by molar-refractivity contribution is 5.98. The molecular formula is C9H14N4O3. The summed E-state index contributed by atoms with van der Waals surface area (Å²) in [6.45, 7) is 2.43. The van der Waals surface area contributed by atoms with Crippen LogP contribution in [0.2, 0.25) is 0 Å². The van der Waals surface area contributed by atoms with Crippen molar-refractivity contribution in [3.63, 3.8) is 0 Å². The molecule has 0 amide bonds. The van der Waals surface area contributed by atoms with Crippen LogP contribution in [0.4, 0.5) is 11.6 Å². The van der Waals surface area contributed by atoms with Crippen LogP contribution in [0, 0.1) is 0 Å². The van der Waals surface area contributed by atoms with E-state index in [1.165, 1.54) is 4.68 Å². The highest BCUT2D eigenvalue weighted by Crippen LogP contribution is 2.25. The van der Waals surface area contributed by atoms with Crippen LogP contribution in [0.5, 0.6) is 0 Å². The summed E-state index contributed by atoms with van der Waals surface area (Å²) < 4.78 is 6.59. The monoisotopic (exact) mass is 226 g/mol. The van der Waals surface area contributed by atoms with Crippen molar-refractivity contribution < 1.29 is 14.6 Å². The molecule has 0 radical (unpaired) electrons. The molecule has 88 valence electrons. The van der Waals surface area contributed by atoms with E-state index in [1.807, 2.05) is 4.90 Å². The Labute approximate surface area is 92.4 Å². The Morgan fingerprint density at radius 3 is 2.69 bits per heavy atom. The molecule has 1 saturated heterocycles. The van der Waals surface area contributed by atoms with Crippen molar-refractivity contribution in [2.45, 2.75) is 0 Å². The van der Waals surface area contributed by atoms with Crippen LogP contribution < -0.4 is 10.6 Å². The number of anilines is 2. The number of carboxylic acid groups (broad SMARTS) is 1. The highest BCUT2D eigenvalue weighted by Gasteiger charge is 2.25. The standard InChI is InChI=1S/C9H14N4O3/c1-12-7(10)6(9(14)15)8(11-12)13-2-4-16-5-3-13/h2-5,10H2,1H3,(H,14,15). The predicted molar refractivity (Wildman–Crippen MR) is 57.6 cm³/mol. The lowest BCUT2D eigenvalue weighted by Crippen LogP contribution is -2.37. The largest absolute Gasteiger partial charge is 0.477 e. The first-order valence-electron chi connectivity index (χ1n) is 4.99. The molecule has 0 saturated carbocycles. The molecule has 1 aromatic rings. The van der Waals surface area contributed by atoms with Gasteiger partial charge in [0.05, 0.1) is 13.2 Å². The Morgan fingerprint density at radius 1 is 1.50 bits per heavy atom. The van der Waals surface area contributed by atoms with Gasteiger partial charge < -0.3 is 20.5 Å². The number of rotatable bonds is 2. The summed E-state index contributed by atoms with van der Waals surface area (Å²) in [4.78, 5) is 13.0. The number of morpholine rings is 1. The van der Waals surface area contributed by atoms with Crippen LogP contribution in [0.1, 0.15) is 10.4 Å². The summed E-state index contributed by atoms with van der Waals surface area (Å²) >= 11 is 0. The Balaban J connectivity index is 2.38. The quantitative estimate of drug-likeness (QED) is 0.708. The molecule has 1 fully saturated rings. The van der Waals surface area contributed by atoms with E-state index < -0.39 is 5.97 Å². The Hall–Kier alpha value is -1.76. The maximum atomic E-state index is 11.1. The summed E-state index contributed by atoms with van der Waals surface area (Å²) in [6.07, 6.45) is 0. The minimum Gasteiger partial charge on any atom is -0.477 e. The van der Waals surface area contributed by atoms with Crippen LogP contribution in [-0.2, 0) is 11.8 Å². The molecule has 1 aliphatic heterocycles. The maximum absolute atomic E-state index is 11.1. The second-order valence-electron chi connectivity index (χ2n) is 3.61. The summed E-state index contributed by atoms with van der Waals surface area (Å²) in [7, 11) is 1.63. The van der Waals surface area contributed by atoms with E-state index in [0.29, 0.717) is 32.1 Å². The van der Waals surface area contributed by atoms with E-state index in [4.69, 9.17) is 15.6 Å². The minimum atomic E-state index is -1.05. The van der Waals surface area contributed by atoms with Crippen molar-refractivity contribution in [3.8, 4) is 0 Å². The molecule has 0 spiro atoms. The lowest BCUT2D eigenvalue weighted by Gasteiger charge is -2.27. The number of nitrogens with zero attached hydrogens (tertiary/aromatic N) is 3. The summed E-state index contributed by atoms with van der Waals surface area (Å²) in [5, 5.41) is 13.2. The van der Waals surface area contributed by atoms with E-state index in [1.54, 1.807) is 7.05 Å². The molecule has 1 aromatic heterocycles. The molecule has 0 bridgehead atoms. The summed E-state index contributed by atoms with van der Waals surface area (Å²) in [6, 6.07) is 0. The highest BCUT2D eigenvalue weighted by atomic mass is 16.5. The summed E-state index contributed by atoms with van der Waals surface area (Å²) in [5.74, 6) is -0.447. The fourth-order valence-electron chi connectivity index (χ4n) is 1.72. The van der Waals surface area contributed by atoms with E-state index in [-0.39, 0.29) is 11.4 Å². The second kappa shape index (κ2) is 4.01. The first kappa shape index (κ1) is 10.7. The molecule has 0 aromatic carbocycles. The molecule has 1 aliphatic rings. The molecule has 7 nitrogen and oxygen atoms in total. The molecule has 0 unspecified atom stereocenters. The van der Waals surface area contributed by atoms with Gasteiger partial charge in [0, 0.05) is 20.1 Å². The SMILES string of the molecule is Cn1nc(N2CCOCC2)c(C(=O)O)c1N. The second-order valence-corrected chi connectivity index (χ2v) is 3.61. The zero-order valence-corrected chi connectivity index (χ0v) is 9.01. The normalized spacial score (nSPS) is 16.4. The number of hydrogen-bond donors (Lipinski definition) is 2. The van der Waals surface area contributed by atoms with E-state index in [2.05, 4.69) is 5.10 Å². The first-order chi connectivity index (χ1) is 7.61. The van der Waals surface area contributed by atoms with Crippen molar-refractivity contribution in [1.29, 1.82) is 0 Å². The van der Waals surface area contributed by atoms with Gasteiger partial charge in [-0.1, -0.05) is 0 Å². The van der Waals surface area contributed by atoms with Gasteiger partial charge in [0.1, 0.15) is 11.4 Å². The van der Waals surface area contributed by atoms with Gasteiger partial charge in [-0.25, -0.2) is 4.79 Å². The maximum Gasteiger partial charge on any atom is 0.343 e. The van der Waals surface area contributed by atoms with Gasteiger partial charge in [0.15, 0.2) is 5.82 Å². The number of nitrogen functional groups attached to an aromatic ring is 1. The van der Waals surface area contributed by atoms with Crippen LogP contribution in [-0.4, -0.2) is 47.2 Å². The topological polar surface area (TPSA) is 93.6 Å². The zero-order chi connectivity index (χ0) is 11.7. The number of hydrogen-bond acceptors (Lipinski definition) is 5. The van der Waals surface area contributed by atoms with Gasteiger partial charge in [-0.2, -0.15) is 5.10 Å². The number of carbonyl (C=O) groups is 1. The van der Waals surface area contributed by atoms with Gasteiger partial charge in [0.2, 0.25) is 0 Å². The van der Waals surface area contributed by atoms with Gasteiger partial charge in [-0.05, 0) is 0 Å². The third-order valence-corrected chi connectivity index (χ3v) is 2.60. The Kier molecular flexibility index (Phi) is 2.69. The number of nitrogens with two attached hydrogens (primary N) is 1. The average molecular weight is 226 g/mol.